The third kappa shape index (κ3) is 1.56. The van der Waals surface area contributed by atoms with Gasteiger partial charge in [-0.3, -0.25) is 4.79 Å². The zero-order chi connectivity index (χ0) is 8.43. The molecule has 11 heavy (non-hydrogen) atoms. The second-order valence-corrected chi connectivity index (χ2v) is 2.93. The quantitative estimate of drug-likeness (QED) is 0.291. The van der Waals surface area contributed by atoms with Crippen molar-refractivity contribution >= 4 is 46.2 Å². The summed E-state index contributed by atoms with van der Waals surface area (Å²) in [7, 11) is 5.96. The van der Waals surface area contributed by atoms with Crippen molar-refractivity contribution in [2.24, 2.45) is 0 Å². The number of hydrogen-bond acceptors (Lipinski definition) is 1. The summed E-state index contributed by atoms with van der Waals surface area (Å²) in [5.74, 6) is 0. The van der Waals surface area contributed by atoms with E-state index in [4.69, 9.17) is 0 Å². The van der Waals surface area contributed by atoms with Crippen molar-refractivity contribution in [2.75, 3.05) is 0 Å². The van der Waals surface area contributed by atoms with Gasteiger partial charge in [0.2, 0.25) is 0 Å². The van der Waals surface area contributed by atoms with E-state index in [2.05, 4.69) is 0 Å². The second kappa shape index (κ2) is 2.99. The molecule has 0 atom stereocenters. The molecule has 0 saturated heterocycles. The minimum atomic E-state index is 0.829. The van der Waals surface area contributed by atoms with Gasteiger partial charge in [-0.05, 0) is 0 Å². The van der Waals surface area contributed by atoms with Crippen LogP contribution < -0.4 is 16.4 Å². The first-order valence-electron chi connectivity index (χ1n) is 3.68. The summed E-state index contributed by atoms with van der Waals surface area (Å²) in [5, 5.41) is 0. The number of hydrogen-bond donors (Lipinski definition) is 0. The lowest BCUT2D eigenvalue weighted by Gasteiger charge is -2.04. The Bertz CT molecular complexity index is 273. The Labute approximate surface area is 69.4 Å². The Morgan fingerprint density at radius 1 is 1.09 bits per heavy atom. The summed E-state index contributed by atoms with van der Waals surface area (Å²) in [6, 6.07) is 4.05. The molecule has 0 saturated carbocycles. The van der Waals surface area contributed by atoms with Crippen LogP contribution in [0.25, 0.3) is 0 Å². The predicted octanol–water partition coefficient (Wildman–Crippen LogP) is -3.73. The van der Waals surface area contributed by atoms with Crippen LogP contribution in [-0.2, 0) is 0 Å². The molecule has 0 spiro atoms. The normalized spacial score (nSPS) is 9.45. The third-order valence-corrected chi connectivity index (χ3v) is 1.86. The molecule has 1 aromatic carbocycles. The van der Waals surface area contributed by atoms with Gasteiger partial charge in [0.15, 0.2) is 0 Å². The largest absolute Gasteiger partial charge is 0.298 e. The van der Waals surface area contributed by atoms with E-state index in [0.717, 1.165) is 22.8 Å². The van der Waals surface area contributed by atoms with Crippen molar-refractivity contribution < 1.29 is 4.79 Å². The fourth-order valence-corrected chi connectivity index (χ4v) is 1.38. The lowest BCUT2D eigenvalue weighted by atomic mass is 9.76. The highest BCUT2D eigenvalue weighted by Crippen LogP contribution is 1.82. The molecule has 1 nitrogen and oxygen atoms in total. The highest BCUT2D eigenvalue weighted by atomic mass is 16.1. The van der Waals surface area contributed by atoms with E-state index >= 15 is 0 Å². The summed E-state index contributed by atoms with van der Waals surface area (Å²) >= 11 is 0. The molecule has 0 fully saturated rings. The number of aldehydes is 1. The van der Waals surface area contributed by atoms with Crippen LogP contribution in [0.3, 0.4) is 0 Å². The second-order valence-electron chi connectivity index (χ2n) is 2.93. The molecular formula is C7H9B3O. The minimum absolute atomic E-state index is 0.829. The Morgan fingerprint density at radius 2 is 1.55 bits per heavy atom. The molecule has 1 rings (SSSR count). The fourth-order valence-electron chi connectivity index (χ4n) is 1.38. The van der Waals surface area contributed by atoms with Crippen molar-refractivity contribution in [1.82, 2.24) is 0 Å². The monoisotopic (exact) mass is 142 g/mol. The molecular weight excluding hydrogens is 133 g/mol. The Morgan fingerprint density at radius 3 is 1.91 bits per heavy atom. The lowest BCUT2D eigenvalue weighted by molar-refractivity contribution is 0.112. The average molecular weight is 142 g/mol. The SMILES string of the molecule is Bc1cc(B)c(C=O)c(B)c1. The van der Waals surface area contributed by atoms with Gasteiger partial charge in [0, 0.05) is 5.56 Å². The Hall–Kier alpha value is -0.915. The van der Waals surface area contributed by atoms with Gasteiger partial charge in [-0.15, -0.1) is 0 Å². The van der Waals surface area contributed by atoms with Gasteiger partial charge in [0.1, 0.15) is 29.8 Å². The predicted molar refractivity (Wildman–Crippen MR) is 56.4 cm³/mol. The van der Waals surface area contributed by atoms with Crippen LogP contribution in [0.15, 0.2) is 12.1 Å². The number of carbonyl (C=O) groups is 1. The zero-order valence-electron chi connectivity index (χ0n) is 7.14. The molecule has 0 aliphatic carbocycles. The molecule has 0 bridgehead atoms. The van der Waals surface area contributed by atoms with Crippen LogP contribution in [-0.4, -0.2) is 29.8 Å². The van der Waals surface area contributed by atoms with Crippen LogP contribution >= 0.6 is 0 Å². The Balaban J connectivity index is 3.36. The molecule has 0 unspecified atom stereocenters. The maximum atomic E-state index is 10.6. The molecule has 0 aromatic heterocycles. The number of benzene rings is 1. The molecule has 0 aliphatic rings. The van der Waals surface area contributed by atoms with Crippen molar-refractivity contribution in [3.05, 3.63) is 17.7 Å². The third-order valence-electron chi connectivity index (χ3n) is 1.86. The van der Waals surface area contributed by atoms with Crippen molar-refractivity contribution in [1.29, 1.82) is 0 Å². The number of carbonyl (C=O) groups excluding carboxylic acids is 1. The van der Waals surface area contributed by atoms with Gasteiger partial charge in [0.25, 0.3) is 0 Å². The van der Waals surface area contributed by atoms with E-state index in [1.165, 1.54) is 5.46 Å². The summed E-state index contributed by atoms with van der Waals surface area (Å²) in [6.07, 6.45) is 0.921. The van der Waals surface area contributed by atoms with Crippen LogP contribution in [0.5, 0.6) is 0 Å². The molecule has 0 N–H and O–H groups in total. The lowest BCUT2D eigenvalue weighted by Crippen LogP contribution is -2.28. The van der Waals surface area contributed by atoms with Gasteiger partial charge in [-0.25, -0.2) is 0 Å². The molecule has 1 aromatic rings. The van der Waals surface area contributed by atoms with E-state index in [9.17, 15) is 4.79 Å². The molecule has 52 valence electrons. The van der Waals surface area contributed by atoms with Crippen molar-refractivity contribution in [2.45, 2.75) is 0 Å². The van der Waals surface area contributed by atoms with Gasteiger partial charge < -0.3 is 0 Å². The molecule has 4 heteroatoms. The van der Waals surface area contributed by atoms with Gasteiger partial charge in [-0.2, -0.15) is 0 Å². The first-order valence-corrected chi connectivity index (χ1v) is 3.68. The highest BCUT2D eigenvalue weighted by Gasteiger charge is 2.00. The van der Waals surface area contributed by atoms with Crippen molar-refractivity contribution in [3.63, 3.8) is 0 Å². The van der Waals surface area contributed by atoms with E-state index in [0.29, 0.717) is 0 Å². The maximum Gasteiger partial charge on any atom is 0.148 e. The Kier molecular flexibility index (Phi) is 2.23. The van der Waals surface area contributed by atoms with Gasteiger partial charge in [-0.1, -0.05) is 28.5 Å². The van der Waals surface area contributed by atoms with Crippen LogP contribution in [0.4, 0.5) is 0 Å². The highest BCUT2D eigenvalue weighted by molar-refractivity contribution is 6.46. The molecule has 0 radical (unpaired) electrons. The summed E-state index contributed by atoms with van der Waals surface area (Å²) < 4.78 is 0. The van der Waals surface area contributed by atoms with Crippen LogP contribution in [0, 0.1) is 0 Å². The van der Waals surface area contributed by atoms with Gasteiger partial charge >= 0.3 is 0 Å². The average Bonchev–Trinajstić information content (AvgIpc) is 1.85. The standard InChI is InChI=1S/C7H9B3O/c8-4-1-6(9)5(3-11)7(10)2-4/h1-3H,8-10H2. The summed E-state index contributed by atoms with van der Waals surface area (Å²) in [6.45, 7) is 0. The molecule has 0 aliphatic heterocycles. The van der Waals surface area contributed by atoms with E-state index in [-0.39, 0.29) is 0 Å². The topological polar surface area (TPSA) is 17.1 Å². The van der Waals surface area contributed by atoms with Crippen LogP contribution in [0.2, 0.25) is 0 Å². The maximum absolute atomic E-state index is 10.6. The summed E-state index contributed by atoms with van der Waals surface area (Å²) in [4.78, 5) is 10.6. The first-order chi connectivity index (χ1) is 5.15. The van der Waals surface area contributed by atoms with Crippen molar-refractivity contribution in [3.8, 4) is 0 Å². The number of rotatable bonds is 1. The fraction of sp³-hybridized carbons (Fsp3) is 0. The molecule has 0 heterocycles. The van der Waals surface area contributed by atoms with Gasteiger partial charge in [0.05, 0.1) is 0 Å². The van der Waals surface area contributed by atoms with E-state index < -0.39 is 0 Å². The van der Waals surface area contributed by atoms with Crippen LogP contribution in [0.1, 0.15) is 10.4 Å². The smallest absolute Gasteiger partial charge is 0.148 e. The van der Waals surface area contributed by atoms with E-state index in [1.807, 2.05) is 35.7 Å². The van der Waals surface area contributed by atoms with E-state index in [1.54, 1.807) is 0 Å². The first kappa shape index (κ1) is 8.18. The zero-order valence-corrected chi connectivity index (χ0v) is 7.14. The minimum Gasteiger partial charge on any atom is -0.298 e. The summed E-state index contributed by atoms with van der Waals surface area (Å²) in [5.41, 5.74) is 4.18. The molecule has 0 amide bonds.